The number of pyridine rings is 1. The van der Waals surface area contributed by atoms with E-state index in [2.05, 4.69) is 23.8 Å². The van der Waals surface area contributed by atoms with Crippen LogP contribution in [0.2, 0.25) is 0 Å². The average Bonchev–Trinajstić information content (AvgIpc) is 2.75. The summed E-state index contributed by atoms with van der Waals surface area (Å²) >= 11 is 0. The van der Waals surface area contributed by atoms with Crippen molar-refractivity contribution in [3.63, 3.8) is 0 Å². The maximum atomic E-state index is 13.5. The Kier molecular flexibility index (Phi) is 6.34. The van der Waals surface area contributed by atoms with Gasteiger partial charge in [-0.05, 0) is 35.6 Å². The molecular weight excluding hydrogens is 390 g/mol. The number of hydrogen-bond acceptors (Lipinski definition) is 5. The van der Waals surface area contributed by atoms with Crippen LogP contribution in [0.15, 0.2) is 54.9 Å². The third-order valence-corrected chi connectivity index (χ3v) is 6.08. The van der Waals surface area contributed by atoms with E-state index in [0.717, 1.165) is 11.1 Å². The van der Waals surface area contributed by atoms with Gasteiger partial charge in [-0.1, -0.05) is 44.2 Å². The lowest BCUT2D eigenvalue weighted by atomic mass is 9.96. The molecule has 2 aromatic rings. The number of rotatable bonds is 6. The fraction of sp³-hybridized carbons (Fsp3) is 0.458. The van der Waals surface area contributed by atoms with Gasteiger partial charge in [0.1, 0.15) is 12.2 Å². The van der Waals surface area contributed by atoms with Gasteiger partial charge in [-0.25, -0.2) is 10.0 Å². The predicted molar refractivity (Wildman–Crippen MR) is 118 cm³/mol. The average molecular weight is 422 g/mol. The number of carbonyl (C=O) groups is 2. The summed E-state index contributed by atoms with van der Waals surface area (Å²) in [6.07, 6.45) is 4.05. The lowest BCUT2D eigenvalue weighted by Crippen LogP contribution is -2.74. The lowest BCUT2D eigenvalue weighted by Gasteiger charge is -2.55. The van der Waals surface area contributed by atoms with E-state index in [9.17, 15) is 9.59 Å². The number of piperazine rings is 1. The Morgan fingerprint density at radius 2 is 1.68 bits per heavy atom. The number of benzene rings is 1. The quantitative estimate of drug-likeness (QED) is 0.717. The summed E-state index contributed by atoms with van der Waals surface area (Å²) in [5.41, 5.74) is 2.23. The second-order valence-electron chi connectivity index (χ2n) is 8.90. The Morgan fingerprint density at radius 3 is 2.35 bits per heavy atom. The SMILES string of the molecule is CC(C)C[C@H]1C(=O)N(Cc2ccccc2)C[C@H]2N1C(=O)CN(C)N2Cc1ccncc1. The fourth-order valence-electron chi connectivity index (χ4n) is 4.59. The molecule has 164 valence electrons. The zero-order valence-electron chi connectivity index (χ0n) is 18.5. The minimum absolute atomic E-state index is 0.0249. The molecule has 1 aromatic carbocycles. The van der Waals surface area contributed by atoms with Gasteiger partial charge < -0.3 is 9.80 Å². The van der Waals surface area contributed by atoms with Gasteiger partial charge in [-0.2, -0.15) is 0 Å². The molecule has 0 bridgehead atoms. The van der Waals surface area contributed by atoms with E-state index in [1.165, 1.54) is 0 Å². The molecule has 2 fully saturated rings. The van der Waals surface area contributed by atoms with Crippen molar-refractivity contribution < 1.29 is 9.59 Å². The first kappa shape index (κ1) is 21.5. The molecule has 0 spiro atoms. The molecule has 2 amide bonds. The number of fused-ring (bicyclic) bond motifs is 1. The minimum atomic E-state index is -0.427. The first-order valence-corrected chi connectivity index (χ1v) is 10.9. The summed E-state index contributed by atoms with van der Waals surface area (Å²) in [5, 5.41) is 4.21. The van der Waals surface area contributed by atoms with E-state index < -0.39 is 6.04 Å². The Morgan fingerprint density at radius 1 is 1.00 bits per heavy atom. The van der Waals surface area contributed by atoms with Crippen molar-refractivity contribution in [3.05, 3.63) is 66.0 Å². The van der Waals surface area contributed by atoms with Crippen molar-refractivity contribution in [2.75, 3.05) is 20.1 Å². The summed E-state index contributed by atoms with van der Waals surface area (Å²) in [4.78, 5) is 34.5. The van der Waals surface area contributed by atoms with Crippen LogP contribution in [0.5, 0.6) is 0 Å². The molecule has 0 radical (unpaired) electrons. The van der Waals surface area contributed by atoms with E-state index in [4.69, 9.17) is 0 Å². The second-order valence-corrected chi connectivity index (χ2v) is 8.90. The van der Waals surface area contributed by atoms with Crippen molar-refractivity contribution in [2.45, 2.75) is 45.6 Å². The largest absolute Gasteiger partial charge is 0.333 e. The number of nitrogens with zero attached hydrogens (tertiary/aromatic N) is 5. The van der Waals surface area contributed by atoms with Crippen molar-refractivity contribution in [2.24, 2.45) is 5.92 Å². The van der Waals surface area contributed by atoms with Gasteiger partial charge in [0, 0.05) is 32.5 Å². The molecule has 7 heteroatoms. The third kappa shape index (κ3) is 4.62. The molecular formula is C24H31N5O2. The summed E-state index contributed by atoms with van der Waals surface area (Å²) in [5.74, 6) is 0.389. The van der Waals surface area contributed by atoms with Crippen LogP contribution in [0.3, 0.4) is 0 Å². The van der Waals surface area contributed by atoms with E-state index >= 15 is 0 Å². The second kappa shape index (κ2) is 9.16. The number of hydrazine groups is 1. The Bertz CT molecular complexity index is 905. The Balaban J connectivity index is 1.66. The topological polar surface area (TPSA) is 60.0 Å². The van der Waals surface area contributed by atoms with Gasteiger partial charge >= 0.3 is 0 Å². The van der Waals surface area contributed by atoms with Gasteiger partial charge in [0.25, 0.3) is 0 Å². The highest BCUT2D eigenvalue weighted by molar-refractivity contribution is 5.90. The number of hydrogen-bond donors (Lipinski definition) is 0. The molecule has 2 aliphatic heterocycles. The number of aromatic nitrogens is 1. The minimum Gasteiger partial charge on any atom is -0.333 e. The van der Waals surface area contributed by atoms with Crippen LogP contribution >= 0.6 is 0 Å². The highest BCUT2D eigenvalue weighted by atomic mass is 16.2. The van der Waals surface area contributed by atoms with Crippen LogP contribution in [-0.2, 0) is 22.7 Å². The highest BCUT2D eigenvalue weighted by Gasteiger charge is 2.49. The van der Waals surface area contributed by atoms with Crippen LogP contribution < -0.4 is 0 Å². The Hall–Kier alpha value is -2.77. The molecule has 7 nitrogen and oxygen atoms in total. The van der Waals surface area contributed by atoms with Gasteiger partial charge in [-0.15, -0.1) is 0 Å². The van der Waals surface area contributed by atoms with Crippen LogP contribution in [0.1, 0.15) is 31.4 Å². The first-order chi connectivity index (χ1) is 14.9. The van der Waals surface area contributed by atoms with Gasteiger partial charge in [-0.3, -0.25) is 14.6 Å². The number of amides is 2. The summed E-state index contributed by atoms with van der Waals surface area (Å²) in [6.45, 7) is 6.20. The standard InChI is InChI=1S/C24H31N5O2/c1-18(2)13-21-24(31)27(14-19-7-5-4-6-8-19)16-22-28(15-20-9-11-25-12-10-20)26(3)17-23(30)29(21)22/h4-12,18,21-22H,13-17H2,1-3H3/t21-,22+/m0/s1. The fourth-order valence-corrected chi connectivity index (χ4v) is 4.59. The predicted octanol–water partition coefficient (Wildman–Crippen LogP) is 2.36. The monoisotopic (exact) mass is 421 g/mol. The molecule has 2 aliphatic rings. The first-order valence-electron chi connectivity index (χ1n) is 10.9. The third-order valence-electron chi connectivity index (χ3n) is 6.08. The van der Waals surface area contributed by atoms with Crippen molar-refractivity contribution in [1.82, 2.24) is 24.8 Å². The normalized spacial score (nSPS) is 22.8. The molecule has 0 saturated carbocycles. The highest BCUT2D eigenvalue weighted by Crippen LogP contribution is 2.30. The molecule has 4 rings (SSSR count). The number of carbonyl (C=O) groups excluding carboxylic acids is 2. The summed E-state index contributed by atoms with van der Waals surface area (Å²) in [6, 6.07) is 13.6. The van der Waals surface area contributed by atoms with Gasteiger partial charge in [0.05, 0.1) is 13.1 Å². The van der Waals surface area contributed by atoms with E-state index in [1.54, 1.807) is 12.4 Å². The van der Waals surface area contributed by atoms with E-state index in [0.29, 0.717) is 32.0 Å². The molecule has 3 heterocycles. The molecule has 0 N–H and O–H groups in total. The van der Waals surface area contributed by atoms with Gasteiger partial charge in [0.15, 0.2) is 0 Å². The lowest BCUT2D eigenvalue weighted by molar-refractivity contribution is -0.202. The van der Waals surface area contributed by atoms with Crippen molar-refractivity contribution >= 4 is 11.8 Å². The molecule has 2 saturated heterocycles. The molecule has 0 aliphatic carbocycles. The van der Waals surface area contributed by atoms with Crippen LogP contribution in [0, 0.1) is 5.92 Å². The van der Waals surface area contributed by atoms with E-state index in [-0.39, 0.29) is 24.5 Å². The zero-order valence-corrected chi connectivity index (χ0v) is 18.5. The van der Waals surface area contributed by atoms with Crippen molar-refractivity contribution in [3.8, 4) is 0 Å². The van der Waals surface area contributed by atoms with Gasteiger partial charge in [0.2, 0.25) is 11.8 Å². The van der Waals surface area contributed by atoms with Crippen molar-refractivity contribution in [1.29, 1.82) is 0 Å². The van der Waals surface area contributed by atoms with Crippen LogP contribution in [0.4, 0.5) is 0 Å². The molecule has 2 atom stereocenters. The maximum Gasteiger partial charge on any atom is 0.245 e. The van der Waals surface area contributed by atoms with Crippen LogP contribution in [-0.4, -0.2) is 69.0 Å². The smallest absolute Gasteiger partial charge is 0.245 e. The molecule has 31 heavy (non-hydrogen) atoms. The number of likely N-dealkylation sites (N-methyl/N-ethyl adjacent to an activating group) is 1. The zero-order chi connectivity index (χ0) is 22.0. The summed E-state index contributed by atoms with van der Waals surface area (Å²) in [7, 11) is 1.95. The van der Waals surface area contributed by atoms with Crippen LogP contribution in [0.25, 0.3) is 0 Å². The maximum absolute atomic E-state index is 13.5. The Labute approximate surface area is 184 Å². The molecule has 0 unspecified atom stereocenters. The van der Waals surface area contributed by atoms with E-state index in [1.807, 2.05) is 64.3 Å². The summed E-state index contributed by atoms with van der Waals surface area (Å²) < 4.78 is 0. The molecule has 1 aromatic heterocycles.